The average Bonchev–Trinajstić information content (AvgIpc) is 2.84. The van der Waals surface area contributed by atoms with Gasteiger partial charge in [-0.1, -0.05) is 26.3 Å². The average molecular weight is 394 g/mol. The molecule has 3 saturated carbocycles. The van der Waals surface area contributed by atoms with E-state index in [1.165, 1.54) is 0 Å². The first-order valence-corrected chi connectivity index (χ1v) is 10.4. The summed E-state index contributed by atoms with van der Waals surface area (Å²) in [5.41, 5.74) is -4.77. The molecule has 0 aromatic carbocycles. The van der Waals surface area contributed by atoms with E-state index in [4.69, 9.17) is 0 Å². The Balaban J connectivity index is 1.83. The van der Waals surface area contributed by atoms with Crippen LogP contribution in [-0.4, -0.2) is 50.9 Å². The summed E-state index contributed by atoms with van der Waals surface area (Å²) in [6.45, 7) is 4.61. The Labute approximate surface area is 165 Å². The standard InChI is InChI=1S/C22H31FO5/c1-12-8-16-15-5-4-13-9-14(25)6-7-19(13,2)21(15,23)17(26)10-20(16,3)22(12,28)18(27)11-24/h9,12,15-17,24,26,28H,4-8,10-11H2,1-3H3/t12-,15?,16?,17?,19?,20?,21+,22+/m1/s1. The van der Waals surface area contributed by atoms with Gasteiger partial charge in [0.1, 0.15) is 17.9 Å². The van der Waals surface area contributed by atoms with Crippen LogP contribution in [0.1, 0.15) is 59.3 Å². The van der Waals surface area contributed by atoms with Crippen LogP contribution in [0.2, 0.25) is 0 Å². The van der Waals surface area contributed by atoms with Crippen LogP contribution in [0.5, 0.6) is 0 Å². The van der Waals surface area contributed by atoms with Crippen LogP contribution in [0.4, 0.5) is 4.39 Å². The third kappa shape index (κ3) is 2.07. The van der Waals surface area contributed by atoms with Crippen LogP contribution in [0.15, 0.2) is 11.6 Å². The molecule has 3 N–H and O–H groups in total. The Morgan fingerprint density at radius 3 is 2.61 bits per heavy atom. The first-order chi connectivity index (χ1) is 13.0. The lowest BCUT2D eigenvalue weighted by Gasteiger charge is -2.63. The first-order valence-electron chi connectivity index (χ1n) is 10.4. The Hall–Kier alpha value is -1.11. The fourth-order valence-electron chi connectivity index (χ4n) is 7.62. The molecule has 0 radical (unpaired) electrons. The Morgan fingerprint density at radius 1 is 1.29 bits per heavy atom. The molecule has 156 valence electrons. The van der Waals surface area contributed by atoms with Crippen LogP contribution in [0.3, 0.4) is 0 Å². The molecule has 6 heteroatoms. The maximum Gasteiger partial charge on any atom is 0.190 e. The molecule has 28 heavy (non-hydrogen) atoms. The molecular formula is C22H31FO5. The number of rotatable bonds is 2. The molecule has 4 aliphatic carbocycles. The monoisotopic (exact) mass is 394 g/mol. The fourth-order valence-corrected chi connectivity index (χ4v) is 7.62. The minimum absolute atomic E-state index is 0.0158. The number of hydrogen-bond donors (Lipinski definition) is 3. The van der Waals surface area contributed by atoms with Gasteiger partial charge < -0.3 is 15.3 Å². The number of fused-ring (bicyclic) bond motifs is 5. The third-order valence-corrected chi connectivity index (χ3v) is 9.19. The van der Waals surface area contributed by atoms with Crippen LogP contribution < -0.4 is 0 Å². The summed E-state index contributed by atoms with van der Waals surface area (Å²) < 4.78 is 16.9. The number of carbonyl (C=O) groups is 2. The molecule has 0 saturated heterocycles. The number of allylic oxidation sites excluding steroid dienone is 1. The van der Waals surface area contributed by atoms with Gasteiger partial charge in [-0.15, -0.1) is 0 Å². The summed E-state index contributed by atoms with van der Waals surface area (Å²) in [4.78, 5) is 24.5. The predicted molar refractivity (Wildman–Crippen MR) is 100 cm³/mol. The van der Waals surface area contributed by atoms with E-state index in [1.807, 2.05) is 6.92 Å². The largest absolute Gasteiger partial charge is 0.390 e. The van der Waals surface area contributed by atoms with Gasteiger partial charge in [0.25, 0.3) is 0 Å². The van der Waals surface area contributed by atoms with Crippen molar-refractivity contribution in [3.63, 3.8) is 0 Å². The number of Topliss-reactive ketones (excluding diaryl/α,β-unsaturated/α-hetero) is 1. The van der Waals surface area contributed by atoms with Gasteiger partial charge in [-0.25, -0.2) is 4.39 Å². The van der Waals surface area contributed by atoms with Crippen molar-refractivity contribution < 1.29 is 29.3 Å². The third-order valence-electron chi connectivity index (χ3n) is 9.19. The topological polar surface area (TPSA) is 94.8 Å². The lowest BCUT2D eigenvalue weighted by atomic mass is 9.44. The molecule has 0 spiro atoms. The van der Waals surface area contributed by atoms with Crippen molar-refractivity contribution in [3.8, 4) is 0 Å². The normalized spacial score (nSPS) is 53.1. The van der Waals surface area contributed by atoms with Gasteiger partial charge in [0.15, 0.2) is 11.6 Å². The molecule has 0 bridgehead atoms. The van der Waals surface area contributed by atoms with Crippen molar-refractivity contribution in [2.45, 2.75) is 76.7 Å². The van der Waals surface area contributed by atoms with Gasteiger partial charge in [0, 0.05) is 23.2 Å². The molecule has 0 aromatic rings. The highest BCUT2D eigenvalue weighted by Gasteiger charge is 2.75. The van der Waals surface area contributed by atoms with Gasteiger partial charge >= 0.3 is 0 Å². The van der Waals surface area contributed by atoms with E-state index >= 15 is 4.39 Å². The van der Waals surface area contributed by atoms with E-state index in [2.05, 4.69) is 0 Å². The van der Waals surface area contributed by atoms with E-state index < -0.39 is 52.4 Å². The molecule has 4 aliphatic rings. The molecule has 3 fully saturated rings. The summed E-state index contributed by atoms with van der Waals surface area (Å²) >= 11 is 0. The highest BCUT2D eigenvalue weighted by Crippen LogP contribution is 2.71. The van der Waals surface area contributed by atoms with E-state index in [0.717, 1.165) is 5.57 Å². The first kappa shape index (κ1) is 20.2. The predicted octanol–water partition coefficient (Wildman–Crippen LogP) is 2.12. The number of hydrogen-bond acceptors (Lipinski definition) is 5. The van der Waals surface area contributed by atoms with Gasteiger partial charge in [-0.05, 0) is 50.0 Å². The van der Waals surface area contributed by atoms with Gasteiger partial charge in [0.2, 0.25) is 0 Å². The molecule has 0 heterocycles. The molecule has 0 amide bonds. The summed E-state index contributed by atoms with van der Waals surface area (Å²) in [7, 11) is 0. The van der Waals surface area contributed by atoms with Crippen molar-refractivity contribution >= 4 is 11.6 Å². The molecule has 8 atom stereocenters. The molecule has 5 nitrogen and oxygen atoms in total. The second-order valence-electron chi connectivity index (χ2n) is 10.1. The molecule has 0 aliphatic heterocycles. The number of ketones is 2. The Kier molecular flexibility index (Phi) is 4.29. The summed E-state index contributed by atoms with van der Waals surface area (Å²) in [6, 6.07) is 0. The summed E-state index contributed by atoms with van der Waals surface area (Å²) in [5, 5.41) is 32.0. The molecule has 0 aromatic heterocycles. The van der Waals surface area contributed by atoms with Crippen LogP contribution >= 0.6 is 0 Å². The smallest absolute Gasteiger partial charge is 0.190 e. The lowest BCUT2D eigenvalue weighted by Crippen LogP contribution is -2.69. The van der Waals surface area contributed by atoms with Crippen molar-refractivity contribution in [1.82, 2.24) is 0 Å². The quantitative estimate of drug-likeness (QED) is 0.667. The lowest BCUT2D eigenvalue weighted by molar-refractivity contribution is -0.228. The second kappa shape index (κ2) is 5.96. The Bertz CT molecular complexity index is 764. The van der Waals surface area contributed by atoms with Gasteiger partial charge in [-0.2, -0.15) is 0 Å². The minimum Gasteiger partial charge on any atom is -0.390 e. The van der Waals surface area contributed by atoms with E-state index in [9.17, 15) is 24.9 Å². The van der Waals surface area contributed by atoms with Crippen molar-refractivity contribution in [2.75, 3.05) is 6.61 Å². The fraction of sp³-hybridized carbons (Fsp3) is 0.818. The van der Waals surface area contributed by atoms with Gasteiger partial charge in [-0.3, -0.25) is 9.59 Å². The van der Waals surface area contributed by atoms with Crippen molar-refractivity contribution in [1.29, 1.82) is 0 Å². The maximum absolute atomic E-state index is 16.9. The molecule has 5 unspecified atom stereocenters. The van der Waals surface area contributed by atoms with E-state index in [1.54, 1.807) is 19.9 Å². The highest BCUT2D eigenvalue weighted by molar-refractivity contribution is 5.92. The number of halogens is 1. The summed E-state index contributed by atoms with van der Waals surface area (Å²) in [6.07, 6.45) is 2.41. The van der Waals surface area contributed by atoms with Crippen LogP contribution in [-0.2, 0) is 9.59 Å². The number of alkyl halides is 1. The highest BCUT2D eigenvalue weighted by atomic mass is 19.1. The van der Waals surface area contributed by atoms with E-state index in [-0.39, 0.29) is 24.5 Å². The van der Waals surface area contributed by atoms with Gasteiger partial charge in [0.05, 0.1) is 6.10 Å². The molecule has 4 rings (SSSR count). The zero-order chi connectivity index (χ0) is 20.7. The number of aliphatic hydroxyl groups excluding tert-OH is 2. The van der Waals surface area contributed by atoms with Crippen LogP contribution in [0, 0.1) is 28.6 Å². The molecular weight excluding hydrogens is 363 g/mol. The Morgan fingerprint density at radius 2 is 1.96 bits per heavy atom. The minimum atomic E-state index is -1.89. The maximum atomic E-state index is 16.9. The zero-order valence-electron chi connectivity index (χ0n) is 16.9. The SMILES string of the molecule is C[C@@H]1CC2C3CCC4=CC(=O)CCC4(C)[C@@]3(F)C(O)CC2(C)[C@@]1(O)C(=O)CO. The van der Waals surface area contributed by atoms with E-state index in [0.29, 0.717) is 25.7 Å². The second-order valence-corrected chi connectivity index (χ2v) is 10.1. The zero-order valence-corrected chi connectivity index (χ0v) is 16.9. The van der Waals surface area contributed by atoms with Crippen molar-refractivity contribution in [2.24, 2.45) is 28.6 Å². The van der Waals surface area contributed by atoms with Crippen molar-refractivity contribution in [3.05, 3.63) is 11.6 Å². The number of aliphatic hydroxyl groups is 3. The number of carbonyl (C=O) groups excluding carboxylic acids is 2. The van der Waals surface area contributed by atoms with Crippen LogP contribution in [0.25, 0.3) is 0 Å². The summed E-state index contributed by atoms with van der Waals surface area (Å²) in [5.74, 6) is -1.82.